The summed E-state index contributed by atoms with van der Waals surface area (Å²) in [6, 6.07) is 4.70. The number of halogens is 3. The molecule has 88 valence electrons. The molecule has 0 aliphatic rings. The fraction of sp³-hybridized carbons (Fsp3) is 0.300. The molecule has 1 amide bonds. The molecule has 0 aliphatic heterocycles. The van der Waals surface area contributed by atoms with E-state index >= 15 is 0 Å². The van der Waals surface area contributed by atoms with Crippen LogP contribution in [0.2, 0.25) is 0 Å². The maximum Gasteiger partial charge on any atom is 0.416 e. The highest BCUT2D eigenvalue weighted by Crippen LogP contribution is 2.32. The minimum Gasteiger partial charge on any atom is -0.339 e. The smallest absolute Gasteiger partial charge is 0.339 e. The van der Waals surface area contributed by atoms with Gasteiger partial charge in [-0.1, -0.05) is 6.07 Å². The molecular formula is C10H10F3NOS. The van der Waals surface area contributed by atoms with Gasteiger partial charge in [0.15, 0.2) is 0 Å². The van der Waals surface area contributed by atoms with E-state index in [0.717, 1.165) is 23.9 Å². The quantitative estimate of drug-likeness (QED) is 0.710. The topological polar surface area (TPSA) is 20.3 Å². The fourth-order valence-corrected chi connectivity index (χ4v) is 1.64. The van der Waals surface area contributed by atoms with Crippen LogP contribution in [0.15, 0.2) is 29.2 Å². The second kappa shape index (κ2) is 4.78. The van der Waals surface area contributed by atoms with Crippen LogP contribution in [0.1, 0.15) is 5.56 Å². The number of thioether (sulfide) groups is 1. The van der Waals surface area contributed by atoms with Crippen LogP contribution >= 0.6 is 11.8 Å². The number of carbonyl (C=O) groups excluding carboxylic acids is 1. The zero-order valence-corrected chi connectivity index (χ0v) is 9.52. The van der Waals surface area contributed by atoms with Gasteiger partial charge < -0.3 is 4.90 Å². The van der Waals surface area contributed by atoms with Gasteiger partial charge in [-0.2, -0.15) is 13.2 Å². The summed E-state index contributed by atoms with van der Waals surface area (Å²) in [7, 11) is 3.09. The molecule has 0 fully saturated rings. The number of rotatable bonds is 1. The third-order valence-corrected chi connectivity index (χ3v) is 2.76. The maximum atomic E-state index is 12.4. The van der Waals surface area contributed by atoms with Gasteiger partial charge in [-0.3, -0.25) is 4.79 Å². The first-order chi connectivity index (χ1) is 7.30. The fourth-order valence-electron chi connectivity index (χ4n) is 0.928. The number of carbonyl (C=O) groups is 1. The van der Waals surface area contributed by atoms with E-state index in [1.807, 2.05) is 0 Å². The third-order valence-electron chi connectivity index (χ3n) is 1.73. The predicted octanol–water partition coefficient (Wildman–Crippen LogP) is 3.48. The van der Waals surface area contributed by atoms with E-state index in [-0.39, 0.29) is 10.1 Å². The summed E-state index contributed by atoms with van der Waals surface area (Å²) in [5.74, 6) is 0. The molecule has 6 heteroatoms. The molecule has 16 heavy (non-hydrogen) atoms. The summed E-state index contributed by atoms with van der Waals surface area (Å²) in [6.07, 6.45) is -4.38. The monoisotopic (exact) mass is 249 g/mol. The lowest BCUT2D eigenvalue weighted by Crippen LogP contribution is -2.16. The highest BCUT2D eigenvalue weighted by atomic mass is 32.2. The van der Waals surface area contributed by atoms with Crippen LogP contribution in [0.25, 0.3) is 0 Å². The number of hydrogen-bond acceptors (Lipinski definition) is 2. The van der Waals surface area contributed by atoms with Gasteiger partial charge in [-0.05, 0) is 30.0 Å². The zero-order valence-electron chi connectivity index (χ0n) is 8.71. The van der Waals surface area contributed by atoms with Crippen LogP contribution in [0, 0.1) is 0 Å². The van der Waals surface area contributed by atoms with Crippen LogP contribution in [-0.4, -0.2) is 24.2 Å². The molecule has 0 aliphatic carbocycles. The Balaban J connectivity index is 2.88. The SMILES string of the molecule is CN(C)C(=O)Sc1cccc(C(F)(F)F)c1. The van der Waals surface area contributed by atoms with E-state index in [1.54, 1.807) is 14.1 Å². The highest BCUT2D eigenvalue weighted by molar-refractivity contribution is 8.13. The van der Waals surface area contributed by atoms with Crippen molar-refractivity contribution in [3.05, 3.63) is 29.8 Å². The van der Waals surface area contributed by atoms with Gasteiger partial charge in [0.05, 0.1) is 5.56 Å². The molecule has 0 radical (unpaired) electrons. The first-order valence-electron chi connectivity index (χ1n) is 4.37. The predicted molar refractivity (Wildman–Crippen MR) is 56.4 cm³/mol. The van der Waals surface area contributed by atoms with Gasteiger partial charge in [-0.25, -0.2) is 0 Å². The Morgan fingerprint density at radius 3 is 2.44 bits per heavy atom. The Morgan fingerprint density at radius 2 is 1.94 bits per heavy atom. The van der Waals surface area contributed by atoms with E-state index in [2.05, 4.69) is 0 Å². The van der Waals surface area contributed by atoms with Gasteiger partial charge >= 0.3 is 6.18 Å². The van der Waals surface area contributed by atoms with Gasteiger partial charge in [-0.15, -0.1) is 0 Å². The average Bonchev–Trinajstić information content (AvgIpc) is 2.16. The average molecular weight is 249 g/mol. The van der Waals surface area contributed by atoms with Crippen LogP contribution in [-0.2, 0) is 6.18 Å². The molecule has 0 heterocycles. The number of nitrogens with zero attached hydrogens (tertiary/aromatic N) is 1. The molecule has 0 aromatic heterocycles. The molecule has 1 aromatic rings. The number of amides is 1. The second-order valence-corrected chi connectivity index (χ2v) is 4.31. The van der Waals surface area contributed by atoms with Crippen molar-refractivity contribution in [2.45, 2.75) is 11.1 Å². The van der Waals surface area contributed by atoms with Crippen LogP contribution < -0.4 is 0 Å². The molecule has 0 N–H and O–H groups in total. The van der Waals surface area contributed by atoms with Crippen molar-refractivity contribution in [2.24, 2.45) is 0 Å². The molecule has 0 bridgehead atoms. The first kappa shape index (κ1) is 12.9. The van der Waals surface area contributed by atoms with E-state index in [4.69, 9.17) is 0 Å². The number of alkyl halides is 3. The molecule has 0 saturated carbocycles. The Hall–Kier alpha value is -1.17. The molecule has 0 unspecified atom stereocenters. The first-order valence-corrected chi connectivity index (χ1v) is 5.19. The molecule has 0 saturated heterocycles. The second-order valence-electron chi connectivity index (χ2n) is 3.29. The Labute approximate surface area is 95.4 Å². The number of hydrogen-bond donors (Lipinski definition) is 0. The van der Waals surface area contributed by atoms with Gasteiger partial charge in [0.25, 0.3) is 5.24 Å². The summed E-state index contributed by atoms with van der Waals surface area (Å²) >= 11 is 0.769. The van der Waals surface area contributed by atoms with E-state index in [0.29, 0.717) is 0 Å². The van der Waals surface area contributed by atoms with E-state index < -0.39 is 11.7 Å². The van der Waals surface area contributed by atoms with Crippen LogP contribution in [0.3, 0.4) is 0 Å². The normalized spacial score (nSPS) is 11.3. The van der Waals surface area contributed by atoms with E-state index in [9.17, 15) is 18.0 Å². The van der Waals surface area contributed by atoms with Crippen molar-refractivity contribution in [1.82, 2.24) is 4.90 Å². The lowest BCUT2D eigenvalue weighted by atomic mass is 10.2. The van der Waals surface area contributed by atoms with E-state index in [1.165, 1.54) is 17.0 Å². The van der Waals surface area contributed by atoms with Crippen molar-refractivity contribution in [3.8, 4) is 0 Å². The minimum absolute atomic E-state index is 0.286. The lowest BCUT2D eigenvalue weighted by Gasteiger charge is -2.11. The minimum atomic E-state index is -4.38. The standard InChI is InChI=1S/C10H10F3NOS/c1-14(2)9(15)16-8-5-3-4-7(6-8)10(11,12)13/h3-6H,1-2H3. The van der Waals surface area contributed by atoms with Crippen molar-refractivity contribution >= 4 is 17.0 Å². The summed E-state index contributed by atoms with van der Waals surface area (Å²) < 4.78 is 37.1. The molecule has 0 atom stereocenters. The van der Waals surface area contributed by atoms with Gasteiger partial charge in [0.1, 0.15) is 0 Å². The summed E-state index contributed by atoms with van der Waals surface area (Å²) in [4.78, 5) is 12.9. The zero-order chi connectivity index (χ0) is 12.3. The number of benzene rings is 1. The van der Waals surface area contributed by atoms with Crippen molar-refractivity contribution in [2.75, 3.05) is 14.1 Å². The van der Waals surface area contributed by atoms with Crippen molar-refractivity contribution < 1.29 is 18.0 Å². The largest absolute Gasteiger partial charge is 0.416 e. The van der Waals surface area contributed by atoms with Crippen molar-refractivity contribution in [3.63, 3.8) is 0 Å². The van der Waals surface area contributed by atoms with Gasteiger partial charge in [0, 0.05) is 19.0 Å². The maximum absolute atomic E-state index is 12.4. The summed E-state index contributed by atoms with van der Waals surface area (Å²) in [6.45, 7) is 0. The van der Waals surface area contributed by atoms with Crippen molar-refractivity contribution in [1.29, 1.82) is 0 Å². The molecular weight excluding hydrogens is 239 g/mol. The highest BCUT2D eigenvalue weighted by Gasteiger charge is 2.30. The van der Waals surface area contributed by atoms with Gasteiger partial charge in [0.2, 0.25) is 0 Å². The molecule has 1 rings (SSSR count). The molecule has 0 spiro atoms. The van der Waals surface area contributed by atoms with Crippen LogP contribution in [0.4, 0.5) is 18.0 Å². The third kappa shape index (κ3) is 3.44. The molecule has 1 aromatic carbocycles. The summed E-state index contributed by atoms with van der Waals surface area (Å²) in [5.41, 5.74) is -0.746. The Bertz CT molecular complexity index is 390. The lowest BCUT2D eigenvalue weighted by molar-refractivity contribution is -0.137. The Morgan fingerprint density at radius 1 is 1.31 bits per heavy atom. The van der Waals surface area contributed by atoms with Crippen LogP contribution in [0.5, 0.6) is 0 Å². The Kier molecular flexibility index (Phi) is 3.85. The summed E-state index contributed by atoms with van der Waals surface area (Å²) in [5, 5.41) is -0.306. The molecule has 2 nitrogen and oxygen atoms in total.